The van der Waals surface area contributed by atoms with E-state index in [1.165, 1.54) is 11.1 Å². The topological polar surface area (TPSA) is 38.3 Å². The molecule has 3 heteroatoms. The second-order valence-electron chi connectivity index (χ2n) is 7.42. The lowest BCUT2D eigenvalue weighted by Gasteiger charge is -2.16. The van der Waals surface area contributed by atoms with Gasteiger partial charge in [-0.2, -0.15) is 0 Å². The third kappa shape index (κ3) is 5.62. The highest BCUT2D eigenvalue weighted by atomic mass is 16.5. The number of amides is 1. The van der Waals surface area contributed by atoms with E-state index in [0.717, 1.165) is 17.0 Å². The van der Waals surface area contributed by atoms with Gasteiger partial charge < -0.3 is 10.1 Å². The first-order valence-corrected chi connectivity index (χ1v) is 9.50. The summed E-state index contributed by atoms with van der Waals surface area (Å²) < 4.78 is 5.75. The molecule has 2 aromatic carbocycles. The van der Waals surface area contributed by atoms with Gasteiger partial charge in [0.15, 0.2) is 0 Å². The number of hydrogen-bond donors (Lipinski definition) is 1. The molecule has 0 saturated heterocycles. The number of aryl methyl sites for hydroxylation is 1. The van der Waals surface area contributed by atoms with Crippen molar-refractivity contribution < 1.29 is 9.53 Å². The van der Waals surface area contributed by atoms with E-state index < -0.39 is 0 Å². The van der Waals surface area contributed by atoms with E-state index in [-0.39, 0.29) is 5.91 Å². The minimum atomic E-state index is 0.0416. The van der Waals surface area contributed by atoms with Crippen LogP contribution >= 0.6 is 0 Å². The van der Waals surface area contributed by atoms with Crippen molar-refractivity contribution in [2.24, 2.45) is 0 Å². The van der Waals surface area contributed by atoms with Crippen molar-refractivity contribution in [1.29, 1.82) is 0 Å². The molecule has 0 saturated carbocycles. The van der Waals surface area contributed by atoms with Gasteiger partial charge in [-0.3, -0.25) is 4.79 Å². The molecule has 0 atom stereocenters. The molecule has 0 aliphatic rings. The van der Waals surface area contributed by atoms with Crippen LogP contribution in [0, 0.1) is 6.92 Å². The lowest BCUT2D eigenvalue weighted by molar-refractivity contribution is -0.116. The van der Waals surface area contributed by atoms with Crippen molar-refractivity contribution in [2.45, 2.75) is 59.3 Å². The third-order valence-electron chi connectivity index (χ3n) is 4.56. The van der Waals surface area contributed by atoms with Crippen LogP contribution in [0.2, 0.25) is 0 Å². The van der Waals surface area contributed by atoms with Gasteiger partial charge >= 0.3 is 0 Å². The average Bonchev–Trinajstić information content (AvgIpc) is 2.60. The molecule has 0 bridgehead atoms. The SMILES string of the molecule is Cc1cccc(C(C)C)c1NC(=O)CCCOc1ccc(C(C)C)cc1. The lowest BCUT2D eigenvalue weighted by Crippen LogP contribution is -2.15. The molecule has 2 rings (SSSR count). The number of nitrogens with one attached hydrogen (secondary N) is 1. The van der Waals surface area contributed by atoms with E-state index in [4.69, 9.17) is 4.74 Å². The van der Waals surface area contributed by atoms with Gasteiger partial charge in [0.25, 0.3) is 0 Å². The zero-order chi connectivity index (χ0) is 19.1. The predicted octanol–water partition coefficient (Wildman–Crippen LogP) is 6.04. The smallest absolute Gasteiger partial charge is 0.224 e. The minimum absolute atomic E-state index is 0.0416. The minimum Gasteiger partial charge on any atom is -0.494 e. The molecule has 1 N–H and O–H groups in total. The molecule has 3 nitrogen and oxygen atoms in total. The Balaban J connectivity index is 1.81. The number of benzene rings is 2. The van der Waals surface area contributed by atoms with Crippen LogP contribution in [0.3, 0.4) is 0 Å². The summed E-state index contributed by atoms with van der Waals surface area (Å²) in [7, 11) is 0. The number of para-hydroxylation sites is 1. The molecule has 0 heterocycles. The van der Waals surface area contributed by atoms with Crippen LogP contribution in [-0.2, 0) is 4.79 Å². The molecule has 0 radical (unpaired) electrons. The first-order chi connectivity index (χ1) is 12.4. The van der Waals surface area contributed by atoms with Crippen molar-refractivity contribution in [2.75, 3.05) is 11.9 Å². The van der Waals surface area contributed by atoms with Crippen LogP contribution < -0.4 is 10.1 Å². The number of carbonyl (C=O) groups is 1. The Morgan fingerprint density at radius 2 is 1.69 bits per heavy atom. The molecule has 0 aliphatic carbocycles. The lowest BCUT2D eigenvalue weighted by atomic mass is 9.98. The Morgan fingerprint density at radius 3 is 2.31 bits per heavy atom. The zero-order valence-electron chi connectivity index (χ0n) is 16.6. The molecular weight excluding hydrogens is 322 g/mol. The normalized spacial score (nSPS) is 11.0. The standard InChI is InChI=1S/C23H31NO2/c1-16(2)19-11-13-20(14-12-19)26-15-7-10-22(25)24-23-18(5)8-6-9-21(23)17(3)4/h6,8-9,11-14,16-17H,7,10,15H2,1-5H3,(H,24,25). The molecule has 140 valence electrons. The van der Waals surface area contributed by atoms with Crippen molar-refractivity contribution in [3.63, 3.8) is 0 Å². The quantitative estimate of drug-likeness (QED) is 0.588. The van der Waals surface area contributed by atoms with Crippen LogP contribution in [0.15, 0.2) is 42.5 Å². The Labute approximate surface area is 157 Å². The summed E-state index contributed by atoms with van der Waals surface area (Å²) in [5, 5.41) is 3.08. The summed E-state index contributed by atoms with van der Waals surface area (Å²) >= 11 is 0. The first kappa shape index (κ1) is 20.0. The molecule has 0 unspecified atom stereocenters. The van der Waals surface area contributed by atoms with Crippen LogP contribution in [0.5, 0.6) is 5.75 Å². The number of hydrogen-bond acceptors (Lipinski definition) is 2. The summed E-state index contributed by atoms with van der Waals surface area (Å²) in [5.74, 6) is 1.79. The fraction of sp³-hybridized carbons (Fsp3) is 0.435. The average molecular weight is 354 g/mol. The maximum atomic E-state index is 12.3. The molecule has 0 aromatic heterocycles. The van der Waals surface area contributed by atoms with E-state index >= 15 is 0 Å². The van der Waals surface area contributed by atoms with Crippen molar-refractivity contribution in [1.82, 2.24) is 0 Å². The van der Waals surface area contributed by atoms with Gasteiger partial charge in [-0.1, -0.05) is 58.0 Å². The van der Waals surface area contributed by atoms with E-state index in [0.29, 0.717) is 31.3 Å². The Hall–Kier alpha value is -2.29. The molecule has 1 amide bonds. The highest BCUT2D eigenvalue weighted by Crippen LogP contribution is 2.27. The molecule has 0 fully saturated rings. The Morgan fingerprint density at radius 1 is 1.00 bits per heavy atom. The monoisotopic (exact) mass is 353 g/mol. The van der Waals surface area contributed by atoms with Crippen LogP contribution in [-0.4, -0.2) is 12.5 Å². The number of carbonyl (C=O) groups excluding carboxylic acids is 1. The van der Waals surface area contributed by atoms with Gasteiger partial charge in [-0.25, -0.2) is 0 Å². The molecular formula is C23H31NO2. The van der Waals surface area contributed by atoms with Gasteiger partial charge in [0.1, 0.15) is 5.75 Å². The summed E-state index contributed by atoms with van der Waals surface area (Å²) in [6, 6.07) is 14.3. The highest BCUT2D eigenvalue weighted by molar-refractivity contribution is 5.92. The zero-order valence-corrected chi connectivity index (χ0v) is 16.6. The second kappa shape index (κ2) is 9.42. The number of rotatable bonds is 8. The fourth-order valence-corrected chi connectivity index (χ4v) is 2.92. The second-order valence-corrected chi connectivity index (χ2v) is 7.42. The van der Waals surface area contributed by atoms with Crippen molar-refractivity contribution in [3.8, 4) is 5.75 Å². The van der Waals surface area contributed by atoms with Gasteiger partial charge in [0.05, 0.1) is 6.61 Å². The molecule has 2 aromatic rings. The van der Waals surface area contributed by atoms with E-state index in [1.807, 2.05) is 31.2 Å². The van der Waals surface area contributed by atoms with Gasteiger partial charge in [-0.15, -0.1) is 0 Å². The van der Waals surface area contributed by atoms with Crippen LogP contribution in [0.25, 0.3) is 0 Å². The summed E-state index contributed by atoms with van der Waals surface area (Å²) in [4.78, 5) is 12.3. The number of anilines is 1. The molecule has 0 spiro atoms. The van der Waals surface area contributed by atoms with Gasteiger partial charge in [0, 0.05) is 12.1 Å². The molecule has 26 heavy (non-hydrogen) atoms. The molecule has 0 aliphatic heterocycles. The van der Waals surface area contributed by atoms with Gasteiger partial charge in [0.2, 0.25) is 5.91 Å². The third-order valence-corrected chi connectivity index (χ3v) is 4.56. The largest absolute Gasteiger partial charge is 0.494 e. The van der Waals surface area contributed by atoms with E-state index in [1.54, 1.807) is 0 Å². The Kier molecular flexibility index (Phi) is 7.26. The highest BCUT2D eigenvalue weighted by Gasteiger charge is 2.12. The van der Waals surface area contributed by atoms with Gasteiger partial charge in [-0.05, 0) is 54.0 Å². The maximum absolute atomic E-state index is 12.3. The van der Waals surface area contributed by atoms with Crippen LogP contribution in [0.1, 0.15) is 69.1 Å². The maximum Gasteiger partial charge on any atom is 0.224 e. The summed E-state index contributed by atoms with van der Waals surface area (Å²) in [5.41, 5.74) is 4.54. The van der Waals surface area contributed by atoms with Crippen molar-refractivity contribution >= 4 is 11.6 Å². The van der Waals surface area contributed by atoms with Crippen molar-refractivity contribution in [3.05, 3.63) is 59.2 Å². The van der Waals surface area contributed by atoms with Crippen LogP contribution in [0.4, 0.5) is 5.69 Å². The first-order valence-electron chi connectivity index (χ1n) is 9.50. The van der Waals surface area contributed by atoms with E-state index in [9.17, 15) is 4.79 Å². The summed E-state index contributed by atoms with van der Waals surface area (Å²) in [6.07, 6.45) is 1.15. The number of ether oxygens (including phenoxy) is 1. The predicted molar refractivity (Wildman–Crippen MR) is 109 cm³/mol. The Bertz CT molecular complexity index is 717. The fourth-order valence-electron chi connectivity index (χ4n) is 2.92. The van der Waals surface area contributed by atoms with E-state index in [2.05, 4.69) is 51.2 Å². The summed E-state index contributed by atoms with van der Waals surface area (Å²) in [6.45, 7) is 11.2.